The smallest absolute Gasteiger partial charge is 0.143 e. The van der Waals surface area contributed by atoms with Crippen LogP contribution < -0.4 is 0 Å². The number of hydrogen-bond acceptors (Lipinski definition) is 2. The molecule has 2 aromatic heterocycles. The van der Waals surface area contributed by atoms with E-state index < -0.39 is 0 Å². The lowest BCUT2D eigenvalue weighted by molar-refractivity contribution is 0.621. The van der Waals surface area contributed by atoms with Gasteiger partial charge in [0.25, 0.3) is 0 Å². The molecule has 13 rings (SSSR count). The lowest BCUT2D eigenvalue weighted by atomic mass is 9.82. The number of rotatable bonds is 3. The third-order valence-electron chi connectivity index (χ3n) is 13.2. The molecule has 59 heavy (non-hydrogen) atoms. The van der Waals surface area contributed by atoms with E-state index in [1.165, 1.54) is 88.0 Å². The highest BCUT2D eigenvalue weighted by molar-refractivity contribution is 6.23. The molecule has 0 radical (unpaired) electrons. The topological polar surface area (TPSA) is 26.3 Å². The van der Waals surface area contributed by atoms with E-state index in [2.05, 4.69) is 184 Å². The molecule has 10 aromatic carbocycles. The Bertz CT molecular complexity index is 3690. The van der Waals surface area contributed by atoms with Crippen molar-refractivity contribution in [3.05, 3.63) is 193 Å². The highest BCUT2D eigenvalue weighted by Gasteiger charge is 2.38. The average Bonchev–Trinajstić information content (AvgIpc) is 3.92. The molecule has 2 heterocycles. The zero-order valence-electron chi connectivity index (χ0n) is 32.6. The average molecular weight is 753 g/mol. The summed E-state index contributed by atoms with van der Waals surface area (Å²) in [5, 5.41) is 11.9. The van der Waals surface area contributed by atoms with Crippen LogP contribution in [0, 0.1) is 0 Å². The molecular formula is C57H36O2. The summed E-state index contributed by atoms with van der Waals surface area (Å²) >= 11 is 0. The van der Waals surface area contributed by atoms with Crippen LogP contribution in [0.2, 0.25) is 0 Å². The van der Waals surface area contributed by atoms with Gasteiger partial charge in [-0.25, -0.2) is 0 Å². The first-order chi connectivity index (χ1) is 29.0. The molecule has 0 amide bonds. The fraction of sp³-hybridized carbons (Fsp3) is 0.0526. The molecule has 2 nitrogen and oxygen atoms in total. The molecule has 1 aliphatic rings. The number of para-hydroxylation sites is 1. The zero-order chi connectivity index (χ0) is 39.0. The largest absolute Gasteiger partial charge is 0.456 e. The predicted octanol–water partition coefficient (Wildman–Crippen LogP) is 16.3. The standard InChI is InChI=1S/C57H36O2/c1-57(2)49-21-11-9-14-37(49)43-28-29-45-48-32-46(36-13-3-8-20-44(36)55(48)59-56(45)54(43)57)33-23-25-34(26-24-33)52-39-16-4-6-18-41(39)53(42-19-7-5-17-40(42)52)35-27-30-51-47(31-35)38-15-10-12-22-50(38)58-51/h3-32H,1-2H3. The first-order valence-electron chi connectivity index (χ1n) is 20.5. The van der Waals surface area contributed by atoms with Crippen molar-refractivity contribution in [3.8, 4) is 44.5 Å². The molecule has 0 bridgehead atoms. The van der Waals surface area contributed by atoms with Gasteiger partial charge >= 0.3 is 0 Å². The van der Waals surface area contributed by atoms with Crippen molar-refractivity contribution in [2.24, 2.45) is 0 Å². The predicted molar refractivity (Wildman–Crippen MR) is 247 cm³/mol. The number of benzene rings is 10. The van der Waals surface area contributed by atoms with E-state index in [0.717, 1.165) is 43.9 Å². The van der Waals surface area contributed by atoms with E-state index >= 15 is 0 Å². The second-order valence-corrected chi connectivity index (χ2v) is 16.7. The van der Waals surface area contributed by atoms with Gasteiger partial charge in [0.05, 0.1) is 0 Å². The molecule has 276 valence electrons. The number of fused-ring (bicyclic) bond motifs is 14. The molecule has 12 aromatic rings. The lowest BCUT2D eigenvalue weighted by Gasteiger charge is -2.21. The molecule has 0 unspecified atom stereocenters. The van der Waals surface area contributed by atoms with Gasteiger partial charge in [0.1, 0.15) is 22.3 Å². The van der Waals surface area contributed by atoms with Gasteiger partial charge in [0.15, 0.2) is 0 Å². The Morgan fingerprint density at radius 3 is 1.59 bits per heavy atom. The van der Waals surface area contributed by atoms with E-state index in [1.54, 1.807) is 0 Å². The maximum absolute atomic E-state index is 7.00. The second kappa shape index (κ2) is 11.8. The van der Waals surface area contributed by atoms with Gasteiger partial charge in [0, 0.05) is 37.9 Å². The van der Waals surface area contributed by atoms with Crippen molar-refractivity contribution in [3.63, 3.8) is 0 Å². The third-order valence-corrected chi connectivity index (χ3v) is 13.2. The van der Waals surface area contributed by atoms with Gasteiger partial charge in [0.2, 0.25) is 0 Å². The van der Waals surface area contributed by atoms with Crippen molar-refractivity contribution >= 4 is 76.2 Å². The summed E-state index contributed by atoms with van der Waals surface area (Å²) < 4.78 is 13.2. The minimum atomic E-state index is -0.164. The Balaban J connectivity index is 0.988. The van der Waals surface area contributed by atoms with Crippen molar-refractivity contribution in [1.29, 1.82) is 0 Å². The Labute approximate surface area is 340 Å². The van der Waals surface area contributed by atoms with Gasteiger partial charge in [-0.2, -0.15) is 0 Å². The molecule has 2 heteroatoms. The quantitative estimate of drug-likeness (QED) is 0.168. The highest BCUT2D eigenvalue weighted by Crippen LogP contribution is 2.53. The summed E-state index contributed by atoms with van der Waals surface area (Å²) in [5.74, 6) is 0. The lowest BCUT2D eigenvalue weighted by Crippen LogP contribution is -2.15. The van der Waals surface area contributed by atoms with Crippen molar-refractivity contribution in [2.75, 3.05) is 0 Å². The number of hydrogen-bond donors (Lipinski definition) is 0. The van der Waals surface area contributed by atoms with E-state index in [1.807, 2.05) is 12.1 Å². The second-order valence-electron chi connectivity index (χ2n) is 16.7. The van der Waals surface area contributed by atoms with Crippen LogP contribution in [0.15, 0.2) is 191 Å². The molecule has 0 aliphatic heterocycles. The fourth-order valence-electron chi connectivity index (χ4n) is 10.6. The molecule has 0 fully saturated rings. The van der Waals surface area contributed by atoms with Crippen LogP contribution in [-0.2, 0) is 5.41 Å². The van der Waals surface area contributed by atoms with Crippen molar-refractivity contribution in [2.45, 2.75) is 19.3 Å². The van der Waals surface area contributed by atoms with Gasteiger partial charge in [-0.3, -0.25) is 0 Å². The zero-order valence-corrected chi connectivity index (χ0v) is 32.6. The van der Waals surface area contributed by atoms with Gasteiger partial charge in [-0.1, -0.05) is 166 Å². The van der Waals surface area contributed by atoms with Gasteiger partial charge < -0.3 is 8.83 Å². The third kappa shape index (κ3) is 4.46. The Morgan fingerprint density at radius 2 is 0.864 bits per heavy atom. The first-order valence-corrected chi connectivity index (χ1v) is 20.5. The van der Waals surface area contributed by atoms with Crippen molar-refractivity contribution < 1.29 is 8.83 Å². The minimum Gasteiger partial charge on any atom is -0.456 e. The fourth-order valence-corrected chi connectivity index (χ4v) is 10.6. The molecule has 0 atom stereocenters. The maximum Gasteiger partial charge on any atom is 0.143 e. The molecule has 0 saturated carbocycles. The van der Waals surface area contributed by atoms with Crippen LogP contribution in [0.25, 0.3) is 121 Å². The van der Waals surface area contributed by atoms with Crippen molar-refractivity contribution in [1.82, 2.24) is 0 Å². The first kappa shape index (κ1) is 32.6. The summed E-state index contributed by atoms with van der Waals surface area (Å²) in [4.78, 5) is 0. The number of furan rings is 2. The Kier molecular flexibility index (Phi) is 6.54. The van der Waals surface area contributed by atoms with E-state index in [4.69, 9.17) is 8.83 Å². The summed E-state index contributed by atoms with van der Waals surface area (Å²) in [6.45, 7) is 4.66. The summed E-state index contributed by atoms with van der Waals surface area (Å²) in [7, 11) is 0. The Hall–Kier alpha value is -7.42. The van der Waals surface area contributed by atoms with Crippen LogP contribution in [-0.4, -0.2) is 0 Å². The van der Waals surface area contributed by atoms with Crippen LogP contribution in [0.5, 0.6) is 0 Å². The maximum atomic E-state index is 7.00. The van der Waals surface area contributed by atoms with E-state index in [-0.39, 0.29) is 5.41 Å². The van der Waals surface area contributed by atoms with E-state index in [9.17, 15) is 0 Å². The monoisotopic (exact) mass is 752 g/mol. The molecule has 0 saturated heterocycles. The van der Waals surface area contributed by atoms with Crippen LogP contribution >= 0.6 is 0 Å². The molecule has 0 spiro atoms. The van der Waals surface area contributed by atoms with Crippen LogP contribution in [0.4, 0.5) is 0 Å². The van der Waals surface area contributed by atoms with Crippen LogP contribution in [0.1, 0.15) is 25.0 Å². The molecule has 1 aliphatic carbocycles. The SMILES string of the molecule is CC1(C)c2ccccc2-c2ccc3c(oc4c5ccccc5c(-c5ccc(-c6c7ccccc7c(-c7ccc8oc9ccccc9c8c7)c7ccccc67)cc5)cc34)c21. The summed E-state index contributed by atoms with van der Waals surface area (Å²) in [6, 6.07) is 66.4. The highest BCUT2D eigenvalue weighted by atomic mass is 16.3. The van der Waals surface area contributed by atoms with E-state index in [0.29, 0.717) is 0 Å². The Morgan fingerprint density at radius 1 is 0.322 bits per heavy atom. The normalized spacial score (nSPS) is 13.4. The molecule has 0 N–H and O–H groups in total. The summed E-state index contributed by atoms with van der Waals surface area (Å²) in [6.07, 6.45) is 0. The van der Waals surface area contributed by atoms with Gasteiger partial charge in [-0.15, -0.1) is 0 Å². The van der Waals surface area contributed by atoms with Crippen LogP contribution in [0.3, 0.4) is 0 Å². The minimum absolute atomic E-state index is 0.164. The molecular weight excluding hydrogens is 717 g/mol. The van der Waals surface area contributed by atoms with Gasteiger partial charge in [-0.05, 0) is 107 Å². The summed E-state index contributed by atoms with van der Waals surface area (Å²) in [5.41, 5.74) is 16.1.